The molecule has 1 aromatic rings. The second-order valence-corrected chi connectivity index (χ2v) is 3.14. The molecule has 1 aliphatic rings. The Morgan fingerprint density at radius 1 is 1.50 bits per heavy atom. The zero-order valence-electron chi connectivity index (χ0n) is 6.15. The largest absolute Gasteiger partial charge is 0.478 e. The molecular weight excluding hydrogens is 176 g/mol. The van der Waals surface area contributed by atoms with Crippen LogP contribution in [0.2, 0.25) is 0 Å². The van der Waals surface area contributed by atoms with Crippen LogP contribution in [0.4, 0.5) is 0 Å². The van der Waals surface area contributed by atoms with Crippen molar-refractivity contribution in [3.8, 4) is 0 Å². The third-order valence-electron chi connectivity index (χ3n) is 1.43. The van der Waals surface area contributed by atoms with Crippen molar-refractivity contribution in [2.45, 2.75) is 0 Å². The Balaban J connectivity index is 2.29. The fourth-order valence-corrected chi connectivity index (χ4v) is 1.39. The van der Waals surface area contributed by atoms with Crippen LogP contribution in [-0.2, 0) is 9.53 Å². The SMILES string of the molecule is O=C1C=C(c2ccco2)OCS1. The lowest BCUT2D eigenvalue weighted by Gasteiger charge is -2.10. The van der Waals surface area contributed by atoms with Crippen LogP contribution in [0.15, 0.2) is 28.9 Å². The van der Waals surface area contributed by atoms with Gasteiger partial charge >= 0.3 is 0 Å². The van der Waals surface area contributed by atoms with Crippen molar-refractivity contribution in [2.24, 2.45) is 0 Å². The van der Waals surface area contributed by atoms with E-state index in [-0.39, 0.29) is 5.12 Å². The van der Waals surface area contributed by atoms with Gasteiger partial charge < -0.3 is 9.15 Å². The van der Waals surface area contributed by atoms with Crippen LogP contribution in [0.5, 0.6) is 0 Å². The topological polar surface area (TPSA) is 39.4 Å². The van der Waals surface area contributed by atoms with E-state index in [1.807, 2.05) is 0 Å². The van der Waals surface area contributed by atoms with Gasteiger partial charge in [-0.15, -0.1) is 0 Å². The van der Waals surface area contributed by atoms with E-state index in [2.05, 4.69) is 0 Å². The summed E-state index contributed by atoms with van der Waals surface area (Å²) in [4.78, 5) is 10.9. The highest BCUT2D eigenvalue weighted by Gasteiger charge is 2.14. The molecule has 0 aliphatic carbocycles. The zero-order chi connectivity index (χ0) is 8.39. The molecule has 0 bridgehead atoms. The Hall–Kier alpha value is -1.16. The van der Waals surface area contributed by atoms with Crippen LogP contribution in [0.3, 0.4) is 0 Å². The van der Waals surface area contributed by atoms with Gasteiger partial charge in [-0.05, 0) is 23.9 Å². The first-order valence-electron chi connectivity index (χ1n) is 3.41. The Morgan fingerprint density at radius 2 is 2.42 bits per heavy atom. The third-order valence-corrected chi connectivity index (χ3v) is 2.07. The van der Waals surface area contributed by atoms with Crippen LogP contribution in [0.25, 0.3) is 5.76 Å². The molecule has 2 rings (SSSR count). The molecular formula is C8H6O3S. The second-order valence-electron chi connectivity index (χ2n) is 2.21. The number of hydrogen-bond acceptors (Lipinski definition) is 4. The minimum absolute atomic E-state index is 0.00708. The summed E-state index contributed by atoms with van der Waals surface area (Å²) in [6.07, 6.45) is 2.98. The summed E-state index contributed by atoms with van der Waals surface area (Å²) < 4.78 is 10.3. The van der Waals surface area contributed by atoms with E-state index in [1.165, 1.54) is 6.08 Å². The molecule has 0 fully saturated rings. The molecule has 0 N–H and O–H groups in total. The van der Waals surface area contributed by atoms with E-state index in [4.69, 9.17) is 9.15 Å². The molecule has 0 amide bonds. The second kappa shape index (κ2) is 3.06. The molecule has 1 aliphatic heterocycles. The van der Waals surface area contributed by atoms with Crippen molar-refractivity contribution < 1.29 is 13.9 Å². The van der Waals surface area contributed by atoms with Crippen molar-refractivity contribution >= 4 is 22.6 Å². The molecule has 0 saturated heterocycles. The quantitative estimate of drug-likeness (QED) is 0.664. The fourth-order valence-electron chi connectivity index (χ4n) is 0.902. The summed E-state index contributed by atoms with van der Waals surface area (Å²) in [5.41, 5.74) is 0. The highest BCUT2D eigenvalue weighted by Crippen LogP contribution is 2.24. The summed E-state index contributed by atoms with van der Waals surface area (Å²) >= 11 is 1.14. The molecule has 4 heteroatoms. The molecule has 0 spiro atoms. The predicted octanol–water partition coefficient (Wildman–Crippen LogP) is 1.87. The van der Waals surface area contributed by atoms with E-state index in [1.54, 1.807) is 18.4 Å². The lowest BCUT2D eigenvalue weighted by atomic mass is 10.3. The zero-order valence-corrected chi connectivity index (χ0v) is 6.97. The highest BCUT2D eigenvalue weighted by atomic mass is 32.2. The first-order valence-corrected chi connectivity index (χ1v) is 4.40. The minimum atomic E-state index is 0.00708. The molecule has 2 heterocycles. The van der Waals surface area contributed by atoms with Crippen molar-refractivity contribution in [3.05, 3.63) is 30.2 Å². The lowest BCUT2D eigenvalue weighted by Crippen LogP contribution is -2.02. The minimum Gasteiger partial charge on any atom is -0.478 e. The van der Waals surface area contributed by atoms with Gasteiger partial charge in [-0.2, -0.15) is 0 Å². The van der Waals surface area contributed by atoms with Gasteiger partial charge in [0.1, 0.15) is 5.94 Å². The van der Waals surface area contributed by atoms with Crippen LogP contribution < -0.4 is 0 Å². The normalized spacial score (nSPS) is 17.0. The van der Waals surface area contributed by atoms with Crippen molar-refractivity contribution in [1.29, 1.82) is 0 Å². The Bertz CT molecular complexity index is 313. The number of furan rings is 1. The maximum Gasteiger partial charge on any atom is 0.219 e. The summed E-state index contributed by atoms with van der Waals surface area (Å²) in [7, 11) is 0. The number of rotatable bonds is 1. The standard InChI is InChI=1S/C8H6O3S/c9-8-4-7(11-5-12-8)6-2-1-3-10-6/h1-4H,5H2. The number of thioether (sulfide) groups is 1. The van der Waals surface area contributed by atoms with Gasteiger partial charge in [0.15, 0.2) is 11.5 Å². The van der Waals surface area contributed by atoms with Crippen LogP contribution in [-0.4, -0.2) is 11.1 Å². The first kappa shape index (κ1) is 7.49. The van der Waals surface area contributed by atoms with Crippen molar-refractivity contribution in [2.75, 3.05) is 5.94 Å². The van der Waals surface area contributed by atoms with E-state index in [0.717, 1.165) is 11.8 Å². The van der Waals surface area contributed by atoms with Gasteiger partial charge in [0.25, 0.3) is 0 Å². The predicted molar refractivity (Wildman–Crippen MR) is 45.2 cm³/mol. The number of carbonyl (C=O) groups is 1. The fraction of sp³-hybridized carbons (Fsp3) is 0.125. The monoisotopic (exact) mass is 182 g/mol. The van der Waals surface area contributed by atoms with Gasteiger partial charge in [-0.3, -0.25) is 4.79 Å². The molecule has 0 aromatic carbocycles. The lowest BCUT2D eigenvalue weighted by molar-refractivity contribution is -0.107. The number of carbonyl (C=O) groups excluding carboxylic acids is 1. The smallest absolute Gasteiger partial charge is 0.219 e. The van der Waals surface area contributed by atoms with E-state index in [9.17, 15) is 4.79 Å². The first-order chi connectivity index (χ1) is 5.86. The van der Waals surface area contributed by atoms with Gasteiger partial charge in [0, 0.05) is 6.08 Å². The van der Waals surface area contributed by atoms with Gasteiger partial charge in [0.2, 0.25) is 5.12 Å². The Kier molecular flexibility index (Phi) is 1.91. The number of hydrogen-bond donors (Lipinski definition) is 0. The van der Waals surface area contributed by atoms with Gasteiger partial charge in [0.05, 0.1) is 6.26 Å². The third kappa shape index (κ3) is 1.38. The van der Waals surface area contributed by atoms with Crippen LogP contribution >= 0.6 is 11.8 Å². The molecule has 1 aromatic heterocycles. The van der Waals surface area contributed by atoms with Gasteiger partial charge in [-0.25, -0.2) is 0 Å². The molecule has 62 valence electrons. The molecule has 0 saturated carbocycles. The summed E-state index contributed by atoms with van der Waals surface area (Å²) in [6, 6.07) is 3.51. The average molecular weight is 182 g/mol. The maximum absolute atomic E-state index is 10.9. The molecule has 12 heavy (non-hydrogen) atoms. The average Bonchev–Trinajstić information content (AvgIpc) is 2.56. The van der Waals surface area contributed by atoms with Crippen molar-refractivity contribution in [1.82, 2.24) is 0 Å². The highest BCUT2D eigenvalue weighted by molar-refractivity contribution is 8.14. The van der Waals surface area contributed by atoms with Crippen LogP contribution in [0.1, 0.15) is 5.76 Å². The van der Waals surface area contributed by atoms with E-state index in [0.29, 0.717) is 17.5 Å². The van der Waals surface area contributed by atoms with Crippen LogP contribution in [0, 0.1) is 0 Å². The molecule has 0 atom stereocenters. The van der Waals surface area contributed by atoms with E-state index >= 15 is 0 Å². The summed E-state index contributed by atoms with van der Waals surface area (Å²) in [5.74, 6) is 1.48. The van der Waals surface area contributed by atoms with Gasteiger partial charge in [-0.1, -0.05) is 0 Å². The van der Waals surface area contributed by atoms with Crippen molar-refractivity contribution in [3.63, 3.8) is 0 Å². The number of ether oxygens (including phenoxy) is 1. The maximum atomic E-state index is 10.9. The summed E-state index contributed by atoms with van der Waals surface area (Å²) in [5, 5.41) is 0.00708. The molecule has 3 nitrogen and oxygen atoms in total. The Labute approximate surface area is 73.4 Å². The Morgan fingerprint density at radius 3 is 3.08 bits per heavy atom. The molecule has 0 radical (unpaired) electrons. The van der Waals surface area contributed by atoms with E-state index < -0.39 is 0 Å². The molecule has 0 unspecified atom stereocenters. The summed E-state index contributed by atoms with van der Waals surface area (Å²) in [6.45, 7) is 0.